The number of carboxylic acid groups (broad SMARTS) is 2. The summed E-state index contributed by atoms with van der Waals surface area (Å²) < 4.78 is 18.0. The standard InChI is InChI=1S/C30H42O7/c1-19(2)16-35-24-9-10-25(28(14-24)37-18-21(5)6)26(15-30(33)34)22-7-11-27(36-17-20(3)4)23(13-22)8-12-29(31)32/h7,9-11,13-14,19-21,26H,8,12,15-18H2,1-6H3,(H,31,32)(H,33,34). The molecule has 0 spiro atoms. The lowest BCUT2D eigenvalue weighted by molar-refractivity contribution is -0.138. The van der Waals surface area contributed by atoms with Crippen molar-refractivity contribution in [3.63, 3.8) is 0 Å². The molecule has 2 N–H and O–H groups in total. The quantitative estimate of drug-likeness (QED) is 0.267. The minimum atomic E-state index is -0.938. The molecule has 1 atom stereocenters. The van der Waals surface area contributed by atoms with Crippen molar-refractivity contribution in [2.45, 2.75) is 66.7 Å². The van der Waals surface area contributed by atoms with Crippen LogP contribution in [-0.4, -0.2) is 42.0 Å². The maximum atomic E-state index is 12.0. The molecule has 2 rings (SSSR count). The Kier molecular flexibility index (Phi) is 11.8. The molecule has 7 heteroatoms. The Hall–Kier alpha value is -3.22. The Bertz CT molecular complexity index is 1030. The van der Waals surface area contributed by atoms with Gasteiger partial charge in [-0.1, -0.05) is 59.7 Å². The third-order valence-corrected chi connectivity index (χ3v) is 5.56. The van der Waals surface area contributed by atoms with Crippen LogP contribution in [0.2, 0.25) is 0 Å². The fourth-order valence-electron chi connectivity index (χ4n) is 3.77. The summed E-state index contributed by atoms with van der Waals surface area (Å²) in [4.78, 5) is 23.2. The summed E-state index contributed by atoms with van der Waals surface area (Å²) >= 11 is 0. The van der Waals surface area contributed by atoms with Crippen LogP contribution in [-0.2, 0) is 16.0 Å². The molecular formula is C30H42O7. The lowest BCUT2D eigenvalue weighted by atomic mass is 9.86. The fourth-order valence-corrected chi connectivity index (χ4v) is 3.77. The van der Waals surface area contributed by atoms with Gasteiger partial charge in [0.25, 0.3) is 0 Å². The molecule has 0 radical (unpaired) electrons. The van der Waals surface area contributed by atoms with Gasteiger partial charge in [0.2, 0.25) is 0 Å². The van der Waals surface area contributed by atoms with Gasteiger partial charge in [0.05, 0.1) is 26.2 Å². The van der Waals surface area contributed by atoms with Gasteiger partial charge in [0.15, 0.2) is 0 Å². The summed E-state index contributed by atoms with van der Waals surface area (Å²) in [5, 5.41) is 19.0. The highest BCUT2D eigenvalue weighted by molar-refractivity contribution is 5.70. The predicted molar refractivity (Wildman–Crippen MR) is 144 cm³/mol. The smallest absolute Gasteiger partial charge is 0.304 e. The Labute approximate surface area is 220 Å². The molecule has 0 bridgehead atoms. The van der Waals surface area contributed by atoms with Crippen LogP contribution < -0.4 is 14.2 Å². The lowest BCUT2D eigenvalue weighted by Crippen LogP contribution is -2.13. The number of aryl methyl sites for hydroxylation is 1. The number of rotatable bonds is 16. The molecule has 0 aliphatic rings. The van der Waals surface area contributed by atoms with Crippen LogP contribution in [0.5, 0.6) is 17.2 Å². The van der Waals surface area contributed by atoms with Crippen molar-refractivity contribution in [2.24, 2.45) is 17.8 Å². The van der Waals surface area contributed by atoms with Crippen molar-refractivity contribution >= 4 is 11.9 Å². The van der Waals surface area contributed by atoms with Crippen LogP contribution in [0.1, 0.15) is 77.0 Å². The number of benzene rings is 2. The fraction of sp³-hybridized carbons (Fsp3) is 0.533. The second kappa shape index (κ2) is 14.5. The van der Waals surface area contributed by atoms with E-state index in [1.807, 2.05) is 50.2 Å². The van der Waals surface area contributed by atoms with Gasteiger partial charge in [-0.15, -0.1) is 0 Å². The maximum Gasteiger partial charge on any atom is 0.304 e. The minimum absolute atomic E-state index is 0.0459. The first-order valence-corrected chi connectivity index (χ1v) is 13.0. The first kappa shape index (κ1) is 30.0. The molecule has 0 amide bonds. The molecule has 204 valence electrons. The van der Waals surface area contributed by atoms with Gasteiger partial charge >= 0.3 is 11.9 Å². The summed E-state index contributed by atoms with van der Waals surface area (Å²) in [6, 6.07) is 11.1. The van der Waals surface area contributed by atoms with Crippen LogP contribution in [0.25, 0.3) is 0 Å². The van der Waals surface area contributed by atoms with Gasteiger partial charge in [0.1, 0.15) is 17.2 Å². The molecular weight excluding hydrogens is 472 g/mol. The monoisotopic (exact) mass is 514 g/mol. The van der Waals surface area contributed by atoms with Crippen LogP contribution in [0.4, 0.5) is 0 Å². The summed E-state index contributed by atoms with van der Waals surface area (Å²) in [5.74, 6) is 0.507. The first-order valence-electron chi connectivity index (χ1n) is 13.0. The summed E-state index contributed by atoms with van der Waals surface area (Å²) in [6.45, 7) is 13.9. The molecule has 1 unspecified atom stereocenters. The van der Waals surface area contributed by atoms with Crippen molar-refractivity contribution in [3.8, 4) is 17.2 Å². The lowest BCUT2D eigenvalue weighted by Gasteiger charge is -2.23. The molecule has 0 aliphatic heterocycles. The van der Waals surface area contributed by atoms with Gasteiger partial charge in [-0.2, -0.15) is 0 Å². The van der Waals surface area contributed by atoms with E-state index in [0.717, 1.165) is 16.7 Å². The zero-order valence-corrected chi connectivity index (χ0v) is 23.0. The number of ether oxygens (including phenoxy) is 3. The van der Waals surface area contributed by atoms with Gasteiger partial charge in [-0.25, -0.2) is 0 Å². The molecule has 0 aromatic heterocycles. The van der Waals surface area contributed by atoms with Crippen LogP contribution in [0.3, 0.4) is 0 Å². The number of hydrogen-bond donors (Lipinski definition) is 2. The molecule has 0 heterocycles. The summed E-state index contributed by atoms with van der Waals surface area (Å²) in [5.41, 5.74) is 2.27. The third-order valence-electron chi connectivity index (χ3n) is 5.56. The molecule has 0 saturated carbocycles. The number of carbonyl (C=O) groups is 2. The molecule has 37 heavy (non-hydrogen) atoms. The van der Waals surface area contributed by atoms with Gasteiger partial charge in [-0.05, 0) is 47.4 Å². The second-order valence-electron chi connectivity index (χ2n) is 10.7. The van der Waals surface area contributed by atoms with E-state index in [2.05, 4.69) is 27.7 Å². The second-order valence-corrected chi connectivity index (χ2v) is 10.7. The van der Waals surface area contributed by atoms with Gasteiger partial charge in [0, 0.05) is 24.0 Å². The van der Waals surface area contributed by atoms with Crippen molar-refractivity contribution in [1.29, 1.82) is 0 Å². The number of carboxylic acids is 2. The van der Waals surface area contributed by atoms with E-state index in [-0.39, 0.29) is 25.2 Å². The molecule has 0 fully saturated rings. The zero-order chi connectivity index (χ0) is 27.5. The number of hydrogen-bond acceptors (Lipinski definition) is 5. The van der Waals surface area contributed by atoms with Crippen molar-refractivity contribution in [3.05, 3.63) is 53.1 Å². The number of aliphatic carboxylic acids is 2. The normalized spacial score (nSPS) is 12.1. The van der Waals surface area contributed by atoms with Crippen molar-refractivity contribution in [2.75, 3.05) is 19.8 Å². The van der Waals surface area contributed by atoms with E-state index in [1.54, 1.807) is 0 Å². The Morgan fingerprint density at radius 3 is 1.89 bits per heavy atom. The Morgan fingerprint density at radius 2 is 1.32 bits per heavy atom. The highest BCUT2D eigenvalue weighted by atomic mass is 16.5. The zero-order valence-electron chi connectivity index (χ0n) is 23.0. The van der Waals surface area contributed by atoms with E-state index < -0.39 is 17.9 Å². The Morgan fingerprint density at radius 1 is 0.730 bits per heavy atom. The summed E-state index contributed by atoms with van der Waals surface area (Å²) in [7, 11) is 0. The van der Waals surface area contributed by atoms with Crippen LogP contribution in [0, 0.1) is 17.8 Å². The highest BCUT2D eigenvalue weighted by Gasteiger charge is 2.24. The van der Waals surface area contributed by atoms with E-state index in [0.29, 0.717) is 48.9 Å². The van der Waals surface area contributed by atoms with Crippen LogP contribution in [0.15, 0.2) is 36.4 Å². The van der Waals surface area contributed by atoms with Crippen LogP contribution >= 0.6 is 0 Å². The first-order chi connectivity index (χ1) is 17.5. The van der Waals surface area contributed by atoms with E-state index in [1.165, 1.54) is 0 Å². The van der Waals surface area contributed by atoms with Gasteiger partial charge < -0.3 is 24.4 Å². The topological polar surface area (TPSA) is 102 Å². The average Bonchev–Trinajstić information content (AvgIpc) is 2.82. The van der Waals surface area contributed by atoms with Gasteiger partial charge in [-0.3, -0.25) is 9.59 Å². The predicted octanol–water partition coefficient (Wildman–Crippen LogP) is 6.41. The highest BCUT2D eigenvalue weighted by Crippen LogP contribution is 2.39. The molecule has 0 aliphatic carbocycles. The van der Waals surface area contributed by atoms with Crippen molar-refractivity contribution < 1.29 is 34.0 Å². The van der Waals surface area contributed by atoms with E-state index in [9.17, 15) is 19.8 Å². The maximum absolute atomic E-state index is 12.0. The molecule has 2 aromatic rings. The van der Waals surface area contributed by atoms with Crippen molar-refractivity contribution in [1.82, 2.24) is 0 Å². The molecule has 2 aromatic carbocycles. The molecule has 7 nitrogen and oxygen atoms in total. The molecule has 0 saturated heterocycles. The largest absolute Gasteiger partial charge is 0.493 e. The SMILES string of the molecule is CC(C)COc1ccc(C(CC(=O)O)c2ccc(OCC(C)C)c(CCC(=O)O)c2)c(OCC(C)C)c1. The van der Waals surface area contributed by atoms with E-state index >= 15 is 0 Å². The summed E-state index contributed by atoms with van der Waals surface area (Å²) in [6.07, 6.45) is 0.0968. The Balaban J connectivity index is 2.54. The van der Waals surface area contributed by atoms with E-state index in [4.69, 9.17) is 14.2 Å². The average molecular weight is 515 g/mol. The minimum Gasteiger partial charge on any atom is -0.493 e. The third kappa shape index (κ3) is 10.3.